The Morgan fingerprint density at radius 3 is 2.67 bits per heavy atom. The maximum atomic E-state index is 9.39. The zero-order chi connectivity index (χ0) is 13.1. The minimum Gasteiger partial charge on any atom is -0.392 e. The van der Waals surface area contributed by atoms with Crippen LogP contribution in [0, 0.1) is 13.8 Å². The second-order valence-electron chi connectivity index (χ2n) is 4.51. The number of aliphatic hydroxyl groups is 1. The summed E-state index contributed by atoms with van der Waals surface area (Å²) in [5, 5.41) is 9.39. The van der Waals surface area contributed by atoms with Gasteiger partial charge in [-0.2, -0.15) is 0 Å². The Hall–Kier alpha value is -1.87. The molecule has 2 rings (SSSR count). The number of aromatic nitrogens is 1. The summed E-state index contributed by atoms with van der Waals surface area (Å²) in [6.45, 7) is 4.02. The van der Waals surface area contributed by atoms with Crippen LogP contribution < -0.4 is 4.90 Å². The first-order valence-corrected chi connectivity index (χ1v) is 5.98. The molecule has 1 aromatic carbocycles. The summed E-state index contributed by atoms with van der Waals surface area (Å²) in [5.74, 6) is 0. The largest absolute Gasteiger partial charge is 0.392 e. The number of anilines is 2. The highest BCUT2D eigenvalue weighted by Crippen LogP contribution is 2.27. The van der Waals surface area contributed by atoms with Crippen LogP contribution >= 0.6 is 0 Å². The maximum Gasteiger partial charge on any atom is 0.0717 e. The summed E-state index contributed by atoms with van der Waals surface area (Å²) in [4.78, 5) is 6.29. The zero-order valence-electron chi connectivity index (χ0n) is 11.0. The highest BCUT2D eigenvalue weighted by Gasteiger charge is 2.09. The summed E-state index contributed by atoms with van der Waals surface area (Å²) in [6, 6.07) is 10.3. The molecule has 0 unspecified atom stereocenters. The molecule has 0 bridgehead atoms. The van der Waals surface area contributed by atoms with Gasteiger partial charge in [0.05, 0.1) is 6.61 Å². The molecule has 0 aliphatic carbocycles. The standard InChI is InChI=1S/C15H18N2O/c1-11-5-4-6-14(7-11)17(3)15-8-12(2)16-9-13(15)10-18/h4-9,18H,10H2,1-3H3. The average Bonchev–Trinajstić information content (AvgIpc) is 2.38. The third kappa shape index (κ3) is 2.51. The SMILES string of the molecule is Cc1cccc(N(C)c2cc(C)ncc2CO)c1. The fourth-order valence-corrected chi connectivity index (χ4v) is 1.98. The van der Waals surface area contributed by atoms with Crippen LogP contribution in [0.3, 0.4) is 0 Å². The van der Waals surface area contributed by atoms with Gasteiger partial charge < -0.3 is 10.0 Å². The lowest BCUT2D eigenvalue weighted by Gasteiger charge is -2.22. The van der Waals surface area contributed by atoms with Crippen molar-refractivity contribution < 1.29 is 5.11 Å². The van der Waals surface area contributed by atoms with E-state index in [1.807, 2.05) is 26.1 Å². The predicted molar refractivity (Wildman–Crippen MR) is 74.1 cm³/mol. The molecule has 0 spiro atoms. The Balaban J connectivity index is 2.44. The third-order valence-corrected chi connectivity index (χ3v) is 3.02. The van der Waals surface area contributed by atoms with Gasteiger partial charge in [0.15, 0.2) is 0 Å². The number of aliphatic hydroxyl groups excluding tert-OH is 1. The first kappa shape index (κ1) is 12.6. The number of benzene rings is 1. The molecule has 3 nitrogen and oxygen atoms in total. The van der Waals surface area contributed by atoms with E-state index in [0.29, 0.717) is 0 Å². The Bertz CT molecular complexity index is 552. The lowest BCUT2D eigenvalue weighted by molar-refractivity contribution is 0.282. The van der Waals surface area contributed by atoms with Crippen LogP contribution in [-0.4, -0.2) is 17.1 Å². The molecule has 0 radical (unpaired) electrons. The molecule has 1 N–H and O–H groups in total. The molecule has 0 atom stereocenters. The van der Waals surface area contributed by atoms with Crippen molar-refractivity contribution in [3.63, 3.8) is 0 Å². The second kappa shape index (κ2) is 5.19. The Kier molecular flexibility index (Phi) is 3.63. The summed E-state index contributed by atoms with van der Waals surface area (Å²) >= 11 is 0. The molecule has 2 aromatic rings. The van der Waals surface area contributed by atoms with E-state index in [1.54, 1.807) is 6.20 Å². The normalized spacial score (nSPS) is 10.4. The highest BCUT2D eigenvalue weighted by atomic mass is 16.3. The van der Waals surface area contributed by atoms with Crippen molar-refractivity contribution in [3.05, 3.63) is 53.3 Å². The number of rotatable bonds is 3. The van der Waals surface area contributed by atoms with E-state index in [2.05, 4.69) is 35.0 Å². The van der Waals surface area contributed by atoms with Gasteiger partial charge >= 0.3 is 0 Å². The Labute approximate surface area is 108 Å². The number of pyridine rings is 1. The van der Waals surface area contributed by atoms with E-state index in [-0.39, 0.29) is 6.61 Å². The van der Waals surface area contributed by atoms with Crippen molar-refractivity contribution >= 4 is 11.4 Å². The summed E-state index contributed by atoms with van der Waals surface area (Å²) in [5.41, 5.74) is 5.10. The van der Waals surface area contributed by atoms with Crippen molar-refractivity contribution in [2.75, 3.05) is 11.9 Å². The number of hydrogen-bond donors (Lipinski definition) is 1. The van der Waals surface area contributed by atoms with E-state index in [4.69, 9.17) is 0 Å². The molecule has 1 heterocycles. The first-order valence-electron chi connectivity index (χ1n) is 5.98. The molecule has 18 heavy (non-hydrogen) atoms. The van der Waals surface area contributed by atoms with Crippen molar-refractivity contribution in [1.29, 1.82) is 0 Å². The predicted octanol–water partition coefficient (Wildman–Crippen LogP) is 2.96. The average molecular weight is 242 g/mol. The molecule has 0 fully saturated rings. The molecule has 94 valence electrons. The molecule has 0 saturated heterocycles. The van der Waals surface area contributed by atoms with Gasteiger partial charge in [0, 0.05) is 35.9 Å². The van der Waals surface area contributed by atoms with E-state index in [0.717, 1.165) is 22.6 Å². The molecular weight excluding hydrogens is 224 g/mol. The second-order valence-corrected chi connectivity index (χ2v) is 4.51. The highest BCUT2D eigenvalue weighted by molar-refractivity contribution is 5.66. The van der Waals surface area contributed by atoms with Gasteiger partial charge in [-0.15, -0.1) is 0 Å². The van der Waals surface area contributed by atoms with Crippen LogP contribution in [0.4, 0.5) is 11.4 Å². The van der Waals surface area contributed by atoms with Crippen molar-refractivity contribution in [2.45, 2.75) is 20.5 Å². The monoisotopic (exact) mass is 242 g/mol. The van der Waals surface area contributed by atoms with E-state index in [9.17, 15) is 5.11 Å². The smallest absolute Gasteiger partial charge is 0.0717 e. The Morgan fingerprint density at radius 2 is 2.00 bits per heavy atom. The molecule has 0 aliphatic heterocycles. The fraction of sp³-hybridized carbons (Fsp3) is 0.267. The molecule has 0 amide bonds. The van der Waals surface area contributed by atoms with E-state index < -0.39 is 0 Å². The molecule has 3 heteroatoms. The molecule has 0 saturated carbocycles. The van der Waals surface area contributed by atoms with Crippen LogP contribution in [0.2, 0.25) is 0 Å². The van der Waals surface area contributed by atoms with Crippen LogP contribution in [-0.2, 0) is 6.61 Å². The van der Waals surface area contributed by atoms with Gasteiger partial charge in [-0.25, -0.2) is 0 Å². The van der Waals surface area contributed by atoms with Gasteiger partial charge in [-0.1, -0.05) is 12.1 Å². The fourth-order valence-electron chi connectivity index (χ4n) is 1.98. The van der Waals surface area contributed by atoms with Crippen LogP contribution in [0.15, 0.2) is 36.5 Å². The molecule has 1 aromatic heterocycles. The van der Waals surface area contributed by atoms with Gasteiger partial charge in [-0.05, 0) is 37.6 Å². The van der Waals surface area contributed by atoms with Crippen LogP contribution in [0.5, 0.6) is 0 Å². The minimum atomic E-state index is -0.00122. The summed E-state index contributed by atoms with van der Waals surface area (Å²) < 4.78 is 0. The van der Waals surface area contributed by atoms with Crippen molar-refractivity contribution in [3.8, 4) is 0 Å². The molecule has 0 aliphatic rings. The van der Waals surface area contributed by atoms with Gasteiger partial charge in [0.25, 0.3) is 0 Å². The summed E-state index contributed by atoms with van der Waals surface area (Å²) in [6.07, 6.45) is 1.73. The first-order chi connectivity index (χ1) is 8.61. The lowest BCUT2D eigenvalue weighted by Crippen LogP contribution is -2.12. The van der Waals surface area contributed by atoms with Crippen LogP contribution in [0.1, 0.15) is 16.8 Å². The Morgan fingerprint density at radius 1 is 1.22 bits per heavy atom. The molecular formula is C15H18N2O. The van der Waals surface area contributed by atoms with Gasteiger partial charge in [0.1, 0.15) is 0 Å². The maximum absolute atomic E-state index is 9.39. The lowest BCUT2D eigenvalue weighted by atomic mass is 10.1. The number of aryl methyl sites for hydroxylation is 2. The number of hydrogen-bond acceptors (Lipinski definition) is 3. The number of nitrogens with zero attached hydrogens (tertiary/aromatic N) is 2. The van der Waals surface area contributed by atoms with E-state index >= 15 is 0 Å². The zero-order valence-corrected chi connectivity index (χ0v) is 11.0. The minimum absolute atomic E-state index is 0.00122. The third-order valence-electron chi connectivity index (χ3n) is 3.02. The quantitative estimate of drug-likeness (QED) is 0.899. The van der Waals surface area contributed by atoms with Crippen molar-refractivity contribution in [1.82, 2.24) is 4.98 Å². The van der Waals surface area contributed by atoms with Crippen LogP contribution in [0.25, 0.3) is 0 Å². The van der Waals surface area contributed by atoms with Gasteiger partial charge in [-0.3, -0.25) is 4.98 Å². The van der Waals surface area contributed by atoms with Crippen molar-refractivity contribution in [2.24, 2.45) is 0 Å². The van der Waals surface area contributed by atoms with Gasteiger partial charge in [0.2, 0.25) is 0 Å². The van der Waals surface area contributed by atoms with E-state index in [1.165, 1.54) is 5.56 Å². The topological polar surface area (TPSA) is 36.4 Å². The summed E-state index contributed by atoms with van der Waals surface area (Å²) in [7, 11) is 2.00.